The maximum Gasteiger partial charge on any atom is 0.264 e. The lowest BCUT2D eigenvalue weighted by Gasteiger charge is -2.35. The van der Waals surface area contributed by atoms with Gasteiger partial charge in [0, 0.05) is 39.5 Å². The number of para-hydroxylation sites is 2. The van der Waals surface area contributed by atoms with E-state index in [1.54, 1.807) is 61.5 Å². The molecule has 1 aliphatic carbocycles. The highest BCUT2D eigenvalue weighted by Crippen LogP contribution is 2.34. The van der Waals surface area contributed by atoms with E-state index in [0.717, 1.165) is 40.4 Å². The minimum Gasteiger partial charge on any atom is -0.492 e. The second-order valence-corrected chi connectivity index (χ2v) is 15.6. The lowest BCUT2D eigenvalue weighted by molar-refractivity contribution is -0.140. The lowest BCUT2D eigenvalue weighted by Crippen LogP contribution is -2.54. The number of benzene rings is 4. The minimum atomic E-state index is -4.32. The van der Waals surface area contributed by atoms with Crippen molar-refractivity contribution in [2.45, 2.75) is 67.4 Å². The van der Waals surface area contributed by atoms with Crippen LogP contribution in [-0.2, 0) is 32.6 Å². The number of nitrogens with zero attached hydrogens (tertiary/aromatic N) is 2. The Balaban J connectivity index is 1.62. The Morgan fingerprint density at radius 1 is 0.900 bits per heavy atom. The van der Waals surface area contributed by atoms with E-state index < -0.39 is 28.5 Å². The SMILES string of the molecule is CCOc1ccccc1N(CC(=O)N(Cc1c(Cl)cccc1Cl)[C@H](Cc1ccccc1)C(=O)NC1CCCC1)S(=O)(=O)c1ccc(SC)cc1. The molecule has 5 rings (SSSR count). The Labute approximate surface area is 309 Å². The van der Waals surface area contributed by atoms with Gasteiger partial charge >= 0.3 is 0 Å². The van der Waals surface area contributed by atoms with Gasteiger partial charge < -0.3 is 15.0 Å². The second-order valence-electron chi connectivity index (χ2n) is 12.0. The maximum atomic E-state index is 14.9. The summed E-state index contributed by atoms with van der Waals surface area (Å²) in [6.45, 7) is 1.32. The molecule has 0 aromatic heterocycles. The van der Waals surface area contributed by atoms with E-state index in [0.29, 0.717) is 21.4 Å². The average molecular weight is 755 g/mol. The highest BCUT2D eigenvalue weighted by molar-refractivity contribution is 7.98. The standard InChI is InChI=1S/C38H41Cl2N3O5S2/c1-3-48-36-19-10-9-18-34(36)43(50(46,47)30-22-20-29(49-2)21-23-30)26-37(44)42(25-31-32(39)16-11-17-33(31)40)35(24-27-12-5-4-6-13-27)38(45)41-28-14-7-8-15-28/h4-6,9-13,16-23,28,35H,3,7-8,14-15,24-26H2,1-2H3,(H,41,45)/t35-/m1/s1. The van der Waals surface area contributed by atoms with Gasteiger partial charge in [0.1, 0.15) is 18.3 Å². The third-order valence-corrected chi connectivity index (χ3v) is 11.9. The zero-order valence-corrected chi connectivity index (χ0v) is 31.2. The van der Waals surface area contributed by atoms with Gasteiger partial charge in [-0.2, -0.15) is 0 Å². The number of anilines is 1. The molecule has 0 unspecified atom stereocenters. The molecule has 50 heavy (non-hydrogen) atoms. The van der Waals surface area contributed by atoms with Crippen molar-refractivity contribution >= 4 is 62.5 Å². The Kier molecular flexibility index (Phi) is 13.1. The summed E-state index contributed by atoms with van der Waals surface area (Å²) in [6.07, 6.45) is 5.81. The summed E-state index contributed by atoms with van der Waals surface area (Å²) in [7, 11) is -4.32. The number of hydrogen-bond acceptors (Lipinski definition) is 6. The van der Waals surface area contributed by atoms with Crippen molar-refractivity contribution in [3.05, 3.63) is 118 Å². The van der Waals surface area contributed by atoms with Gasteiger partial charge in [-0.3, -0.25) is 13.9 Å². The number of carbonyl (C=O) groups excluding carboxylic acids is 2. The molecule has 0 aliphatic heterocycles. The molecule has 0 saturated heterocycles. The quantitative estimate of drug-likeness (QED) is 0.124. The van der Waals surface area contributed by atoms with E-state index >= 15 is 0 Å². The molecule has 1 fully saturated rings. The third-order valence-electron chi connectivity index (χ3n) is 8.72. The zero-order valence-electron chi connectivity index (χ0n) is 28.1. The number of thioether (sulfide) groups is 1. The van der Waals surface area contributed by atoms with Gasteiger partial charge in [0.2, 0.25) is 11.8 Å². The van der Waals surface area contributed by atoms with Crippen LogP contribution in [0.1, 0.15) is 43.7 Å². The van der Waals surface area contributed by atoms with Crippen LogP contribution >= 0.6 is 35.0 Å². The van der Waals surface area contributed by atoms with Crippen molar-refractivity contribution in [3.8, 4) is 5.75 Å². The number of nitrogens with one attached hydrogen (secondary N) is 1. The van der Waals surface area contributed by atoms with E-state index in [2.05, 4.69) is 5.32 Å². The van der Waals surface area contributed by atoms with E-state index in [4.69, 9.17) is 27.9 Å². The largest absolute Gasteiger partial charge is 0.492 e. The van der Waals surface area contributed by atoms with Crippen molar-refractivity contribution < 1.29 is 22.7 Å². The van der Waals surface area contributed by atoms with Crippen molar-refractivity contribution in [3.63, 3.8) is 0 Å². The molecule has 1 atom stereocenters. The molecular formula is C38H41Cl2N3O5S2. The van der Waals surface area contributed by atoms with E-state index in [1.807, 2.05) is 36.6 Å². The topological polar surface area (TPSA) is 96.0 Å². The molecule has 1 N–H and O–H groups in total. The maximum absolute atomic E-state index is 14.9. The number of ether oxygens (including phenoxy) is 1. The predicted molar refractivity (Wildman–Crippen MR) is 202 cm³/mol. The number of carbonyl (C=O) groups is 2. The van der Waals surface area contributed by atoms with E-state index in [-0.39, 0.29) is 42.1 Å². The molecule has 1 saturated carbocycles. The van der Waals surface area contributed by atoms with Crippen LogP contribution in [0, 0.1) is 0 Å². The van der Waals surface area contributed by atoms with Gasteiger partial charge in [0.15, 0.2) is 0 Å². The first-order chi connectivity index (χ1) is 24.1. The van der Waals surface area contributed by atoms with Crippen molar-refractivity contribution in [2.75, 3.05) is 23.7 Å². The number of halogens is 2. The minimum absolute atomic E-state index is 0.00918. The highest BCUT2D eigenvalue weighted by atomic mass is 35.5. The van der Waals surface area contributed by atoms with Gasteiger partial charge in [0.25, 0.3) is 10.0 Å². The van der Waals surface area contributed by atoms with E-state index in [9.17, 15) is 18.0 Å². The molecule has 264 valence electrons. The number of sulfonamides is 1. The summed E-state index contributed by atoms with van der Waals surface area (Å²) < 4.78 is 35.9. The van der Waals surface area contributed by atoms with Crippen molar-refractivity contribution in [2.24, 2.45) is 0 Å². The summed E-state index contributed by atoms with van der Waals surface area (Å²) in [5, 5.41) is 3.82. The monoisotopic (exact) mass is 753 g/mol. The van der Waals surface area contributed by atoms with Crippen LogP contribution in [0.15, 0.2) is 107 Å². The van der Waals surface area contributed by atoms with Gasteiger partial charge in [-0.1, -0.05) is 84.6 Å². The van der Waals surface area contributed by atoms with Gasteiger partial charge in [-0.15, -0.1) is 11.8 Å². The highest BCUT2D eigenvalue weighted by Gasteiger charge is 2.37. The molecular weight excluding hydrogens is 713 g/mol. The predicted octanol–water partition coefficient (Wildman–Crippen LogP) is 8.01. The molecule has 1 aliphatic rings. The first kappa shape index (κ1) is 37.6. The van der Waals surface area contributed by atoms with Crippen LogP contribution in [0.3, 0.4) is 0 Å². The molecule has 0 radical (unpaired) electrons. The molecule has 4 aromatic carbocycles. The van der Waals surface area contributed by atoms with Crippen molar-refractivity contribution in [1.82, 2.24) is 10.2 Å². The molecule has 4 aromatic rings. The molecule has 12 heteroatoms. The zero-order chi connectivity index (χ0) is 35.7. The molecule has 0 spiro atoms. The van der Waals surface area contributed by atoms with Crippen LogP contribution in [0.4, 0.5) is 5.69 Å². The molecule has 2 amide bonds. The normalized spacial score (nSPS) is 13.8. The Hall–Kier alpha value is -3.70. The van der Waals surface area contributed by atoms with Crippen LogP contribution in [0.25, 0.3) is 0 Å². The fraction of sp³-hybridized carbons (Fsp3) is 0.316. The third kappa shape index (κ3) is 9.15. The Morgan fingerprint density at radius 2 is 1.54 bits per heavy atom. The fourth-order valence-electron chi connectivity index (χ4n) is 6.10. The van der Waals surface area contributed by atoms with Crippen molar-refractivity contribution in [1.29, 1.82) is 0 Å². The molecule has 0 bridgehead atoms. The van der Waals surface area contributed by atoms with Gasteiger partial charge in [-0.25, -0.2) is 8.42 Å². The number of rotatable bonds is 15. The average Bonchev–Trinajstić information content (AvgIpc) is 3.63. The second kappa shape index (κ2) is 17.5. The lowest BCUT2D eigenvalue weighted by atomic mass is 10.0. The first-order valence-electron chi connectivity index (χ1n) is 16.6. The summed E-state index contributed by atoms with van der Waals surface area (Å²) >= 11 is 14.8. The van der Waals surface area contributed by atoms with E-state index in [1.165, 1.54) is 28.8 Å². The van der Waals surface area contributed by atoms with Gasteiger partial charge in [-0.05, 0) is 80.1 Å². The number of hydrogen-bond donors (Lipinski definition) is 1. The Bertz CT molecular complexity index is 1850. The first-order valence-corrected chi connectivity index (χ1v) is 20.0. The smallest absolute Gasteiger partial charge is 0.264 e. The summed E-state index contributed by atoms with van der Waals surface area (Å²) in [5.41, 5.74) is 1.48. The Morgan fingerprint density at radius 3 is 2.18 bits per heavy atom. The van der Waals surface area contributed by atoms with Crippen LogP contribution < -0.4 is 14.4 Å². The number of amides is 2. The van der Waals surface area contributed by atoms with Crippen LogP contribution in [0.5, 0.6) is 5.75 Å². The fourth-order valence-corrected chi connectivity index (χ4v) is 8.45. The molecule has 8 nitrogen and oxygen atoms in total. The van der Waals surface area contributed by atoms with Gasteiger partial charge in [0.05, 0.1) is 17.2 Å². The van der Waals surface area contributed by atoms with Crippen LogP contribution in [-0.4, -0.2) is 56.6 Å². The van der Waals surface area contributed by atoms with Crippen LogP contribution in [0.2, 0.25) is 10.0 Å². The summed E-state index contributed by atoms with van der Waals surface area (Å²) in [6, 6.07) is 26.6. The summed E-state index contributed by atoms with van der Waals surface area (Å²) in [4.78, 5) is 31.5. The summed E-state index contributed by atoms with van der Waals surface area (Å²) in [5.74, 6) is -0.638. The molecule has 0 heterocycles.